The van der Waals surface area contributed by atoms with E-state index in [9.17, 15) is 9.59 Å². The summed E-state index contributed by atoms with van der Waals surface area (Å²) in [5.74, 6) is 0.0312. The third-order valence-electron chi connectivity index (χ3n) is 2.82. The number of nitrogens with zero attached hydrogens (tertiary/aromatic N) is 1. The van der Waals surface area contributed by atoms with E-state index in [1.54, 1.807) is 48.5 Å². The molecular weight excluding hydrogens is 294 g/mol. The summed E-state index contributed by atoms with van der Waals surface area (Å²) in [5, 5.41) is 14.1. The summed E-state index contributed by atoms with van der Waals surface area (Å²) in [6, 6.07) is 15.3. The van der Waals surface area contributed by atoms with Gasteiger partial charge in [-0.15, -0.1) is 0 Å². The first-order valence-electron chi connectivity index (χ1n) is 6.87. The first-order valence-corrected chi connectivity index (χ1v) is 6.87. The number of carbonyl (C=O) groups excluding carboxylic acids is 2. The van der Waals surface area contributed by atoms with Gasteiger partial charge in [-0.1, -0.05) is 6.07 Å². The maximum absolute atomic E-state index is 11.8. The van der Waals surface area contributed by atoms with Crippen molar-refractivity contribution in [2.75, 3.05) is 17.2 Å². The number of benzene rings is 2. The number of hydrogen-bond acceptors (Lipinski definition) is 4. The summed E-state index contributed by atoms with van der Waals surface area (Å²) in [4.78, 5) is 22.7. The maximum atomic E-state index is 11.8. The fourth-order valence-electron chi connectivity index (χ4n) is 1.85. The second-order valence-electron chi connectivity index (χ2n) is 4.74. The summed E-state index contributed by atoms with van der Waals surface area (Å²) in [5.41, 5.74) is 1.67. The van der Waals surface area contributed by atoms with Gasteiger partial charge in [0.05, 0.1) is 11.6 Å². The van der Waals surface area contributed by atoms with Crippen molar-refractivity contribution in [3.63, 3.8) is 0 Å². The highest BCUT2D eigenvalue weighted by Crippen LogP contribution is 2.16. The average molecular weight is 309 g/mol. The summed E-state index contributed by atoms with van der Waals surface area (Å²) in [6.07, 6.45) is 0. The summed E-state index contributed by atoms with van der Waals surface area (Å²) in [6.45, 7) is 1.27. The van der Waals surface area contributed by atoms with Crippen molar-refractivity contribution in [1.82, 2.24) is 0 Å². The van der Waals surface area contributed by atoms with E-state index < -0.39 is 0 Å². The number of ether oxygens (including phenoxy) is 1. The van der Waals surface area contributed by atoms with Crippen molar-refractivity contribution in [3.8, 4) is 11.8 Å². The van der Waals surface area contributed by atoms with E-state index in [1.165, 1.54) is 6.92 Å². The van der Waals surface area contributed by atoms with Crippen LogP contribution in [0.1, 0.15) is 12.5 Å². The van der Waals surface area contributed by atoms with E-state index >= 15 is 0 Å². The van der Waals surface area contributed by atoms with Crippen molar-refractivity contribution in [2.24, 2.45) is 0 Å². The van der Waals surface area contributed by atoms with Gasteiger partial charge in [-0.05, 0) is 42.5 Å². The van der Waals surface area contributed by atoms with E-state index in [4.69, 9.17) is 10.00 Å². The molecule has 23 heavy (non-hydrogen) atoms. The zero-order chi connectivity index (χ0) is 16.7. The Morgan fingerprint density at radius 3 is 2.48 bits per heavy atom. The van der Waals surface area contributed by atoms with E-state index in [0.29, 0.717) is 22.7 Å². The molecule has 0 radical (unpaired) electrons. The Kier molecular flexibility index (Phi) is 5.31. The molecule has 0 aliphatic heterocycles. The Morgan fingerprint density at radius 2 is 1.83 bits per heavy atom. The molecule has 0 fully saturated rings. The Balaban J connectivity index is 1.86. The van der Waals surface area contributed by atoms with Gasteiger partial charge in [0, 0.05) is 18.3 Å². The average Bonchev–Trinajstić information content (AvgIpc) is 2.54. The number of anilines is 2. The lowest BCUT2D eigenvalue weighted by Gasteiger charge is -2.08. The van der Waals surface area contributed by atoms with Crippen LogP contribution in [-0.4, -0.2) is 18.4 Å². The molecular formula is C17H15N3O3. The number of hydrogen-bond donors (Lipinski definition) is 2. The van der Waals surface area contributed by atoms with Crippen LogP contribution in [-0.2, 0) is 9.59 Å². The summed E-state index contributed by atoms with van der Waals surface area (Å²) >= 11 is 0. The number of rotatable bonds is 5. The normalized spacial score (nSPS) is 9.57. The van der Waals surface area contributed by atoms with Crippen LogP contribution in [0, 0.1) is 11.3 Å². The second-order valence-corrected chi connectivity index (χ2v) is 4.74. The van der Waals surface area contributed by atoms with Gasteiger partial charge in [-0.2, -0.15) is 5.26 Å². The monoisotopic (exact) mass is 309 g/mol. The van der Waals surface area contributed by atoms with Crippen LogP contribution in [0.25, 0.3) is 0 Å². The first-order chi connectivity index (χ1) is 11.1. The SMILES string of the molecule is CC(=O)Nc1ccc(OCC(=O)Nc2cccc(C#N)c2)cc1. The maximum Gasteiger partial charge on any atom is 0.262 e. The van der Waals surface area contributed by atoms with Crippen LogP contribution < -0.4 is 15.4 Å². The minimum Gasteiger partial charge on any atom is -0.484 e. The van der Waals surface area contributed by atoms with Crippen LogP contribution in [0.3, 0.4) is 0 Å². The topological polar surface area (TPSA) is 91.2 Å². The lowest BCUT2D eigenvalue weighted by atomic mass is 10.2. The number of nitriles is 1. The van der Waals surface area contributed by atoms with Gasteiger partial charge in [-0.3, -0.25) is 9.59 Å². The fraction of sp³-hybridized carbons (Fsp3) is 0.118. The smallest absolute Gasteiger partial charge is 0.262 e. The molecule has 2 amide bonds. The van der Waals surface area contributed by atoms with E-state index in [0.717, 1.165) is 0 Å². The van der Waals surface area contributed by atoms with Crippen LogP contribution in [0.15, 0.2) is 48.5 Å². The lowest BCUT2D eigenvalue weighted by molar-refractivity contribution is -0.118. The van der Waals surface area contributed by atoms with Gasteiger partial charge in [0.15, 0.2) is 6.61 Å². The van der Waals surface area contributed by atoms with Crippen molar-refractivity contribution < 1.29 is 14.3 Å². The minimum absolute atomic E-state index is 0.155. The zero-order valence-electron chi connectivity index (χ0n) is 12.5. The molecule has 0 heterocycles. The van der Waals surface area contributed by atoms with Crippen LogP contribution in [0.4, 0.5) is 11.4 Å². The minimum atomic E-state index is -0.328. The Morgan fingerprint density at radius 1 is 1.09 bits per heavy atom. The third kappa shape index (κ3) is 5.17. The molecule has 0 aliphatic carbocycles. The third-order valence-corrected chi connectivity index (χ3v) is 2.82. The van der Waals surface area contributed by atoms with Crippen molar-refractivity contribution in [2.45, 2.75) is 6.92 Å². The first kappa shape index (κ1) is 16.0. The standard InChI is InChI=1S/C17H15N3O3/c1-12(21)19-14-5-7-16(8-6-14)23-11-17(22)20-15-4-2-3-13(9-15)10-18/h2-9H,11H2,1H3,(H,19,21)(H,20,22). The molecule has 2 aromatic carbocycles. The number of amides is 2. The molecule has 0 atom stereocenters. The Hall–Kier alpha value is -3.33. The fourth-order valence-corrected chi connectivity index (χ4v) is 1.85. The molecule has 0 saturated heterocycles. The highest BCUT2D eigenvalue weighted by Gasteiger charge is 2.05. The summed E-state index contributed by atoms with van der Waals surface area (Å²) in [7, 11) is 0. The largest absolute Gasteiger partial charge is 0.484 e. The Bertz CT molecular complexity index is 748. The lowest BCUT2D eigenvalue weighted by Crippen LogP contribution is -2.20. The van der Waals surface area contributed by atoms with Crippen molar-refractivity contribution in [3.05, 3.63) is 54.1 Å². The zero-order valence-corrected chi connectivity index (χ0v) is 12.5. The van der Waals surface area contributed by atoms with E-state index in [1.807, 2.05) is 6.07 Å². The Labute approximate surface area is 133 Å². The molecule has 0 aromatic heterocycles. The summed E-state index contributed by atoms with van der Waals surface area (Å²) < 4.78 is 5.37. The van der Waals surface area contributed by atoms with Gasteiger partial charge in [0.1, 0.15) is 5.75 Å². The molecule has 0 aliphatic rings. The van der Waals surface area contributed by atoms with Crippen molar-refractivity contribution >= 4 is 23.2 Å². The van der Waals surface area contributed by atoms with Crippen molar-refractivity contribution in [1.29, 1.82) is 5.26 Å². The van der Waals surface area contributed by atoms with E-state index in [2.05, 4.69) is 10.6 Å². The molecule has 2 rings (SSSR count). The molecule has 0 saturated carbocycles. The second kappa shape index (κ2) is 7.61. The van der Waals surface area contributed by atoms with Gasteiger partial charge in [-0.25, -0.2) is 0 Å². The molecule has 0 bridgehead atoms. The molecule has 2 aromatic rings. The van der Waals surface area contributed by atoms with Crippen LogP contribution >= 0.6 is 0 Å². The number of carbonyl (C=O) groups is 2. The van der Waals surface area contributed by atoms with Crippen LogP contribution in [0.2, 0.25) is 0 Å². The highest BCUT2D eigenvalue weighted by molar-refractivity contribution is 5.92. The predicted octanol–water partition coefficient (Wildman–Crippen LogP) is 2.53. The molecule has 0 spiro atoms. The van der Waals surface area contributed by atoms with Gasteiger partial charge >= 0.3 is 0 Å². The predicted molar refractivity (Wildman–Crippen MR) is 86.0 cm³/mol. The van der Waals surface area contributed by atoms with Gasteiger partial charge in [0.2, 0.25) is 5.91 Å². The molecule has 6 heteroatoms. The van der Waals surface area contributed by atoms with Gasteiger partial charge < -0.3 is 15.4 Å². The molecule has 0 unspecified atom stereocenters. The molecule has 6 nitrogen and oxygen atoms in total. The van der Waals surface area contributed by atoms with Crippen LogP contribution in [0.5, 0.6) is 5.75 Å². The van der Waals surface area contributed by atoms with Gasteiger partial charge in [0.25, 0.3) is 5.91 Å². The highest BCUT2D eigenvalue weighted by atomic mass is 16.5. The van der Waals surface area contributed by atoms with E-state index in [-0.39, 0.29) is 18.4 Å². The number of nitrogens with one attached hydrogen (secondary N) is 2. The quantitative estimate of drug-likeness (QED) is 0.888. The molecule has 116 valence electrons. The molecule has 2 N–H and O–H groups in total.